The van der Waals surface area contributed by atoms with Gasteiger partial charge in [0.15, 0.2) is 0 Å². The Morgan fingerprint density at radius 1 is 1.00 bits per heavy atom. The van der Waals surface area contributed by atoms with Gasteiger partial charge >= 0.3 is 0 Å². The van der Waals surface area contributed by atoms with Crippen molar-refractivity contribution in [2.75, 3.05) is 32.7 Å². The van der Waals surface area contributed by atoms with Gasteiger partial charge in [0.05, 0.1) is 5.52 Å². The lowest BCUT2D eigenvalue weighted by Crippen LogP contribution is -2.46. The molecule has 0 amide bonds. The first-order valence-corrected chi connectivity index (χ1v) is 9.20. The molecule has 2 heterocycles. The third-order valence-electron chi connectivity index (χ3n) is 5.08. The molecule has 1 aliphatic heterocycles. The molecule has 4 heteroatoms. The standard InChI is InChI=1S/C20H29N3O/c1-4-8-23-19-13-16(3)6-7-17(19)14-18(20(23)24)15-22-11-9-21(5-2)10-12-22/h6-7,13-14H,4-5,8-12,15H2,1-3H3. The maximum Gasteiger partial charge on any atom is 0.255 e. The maximum absolute atomic E-state index is 13.0. The average molecular weight is 327 g/mol. The van der Waals surface area contributed by atoms with E-state index in [1.54, 1.807) is 0 Å². The smallest absolute Gasteiger partial charge is 0.255 e. The number of benzene rings is 1. The summed E-state index contributed by atoms with van der Waals surface area (Å²) < 4.78 is 1.97. The fourth-order valence-electron chi connectivity index (χ4n) is 3.61. The normalized spacial score (nSPS) is 16.8. The van der Waals surface area contributed by atoms with Gasteiger partial charge in [-0.25, -0.2) is 0 Å². The van der Waals surface area contributed by atoms with E-state index in [1.165, 1.54) is 10.9 Å². The van der Waals surface area contributed by atoms with Crippen LogP contribution in [0, 0.1) is 6.92 Å². The molecule has 24 heavy (non-hydrogen) atoms. The zero-order chi connectivity index (χ0) is 17.1. The predicted molar refractivity (Wildman–Crippen MR) is 101 cm³/mol. The van der Waals surface area contributed by atoms with E-state index in [0.29, 0.717) is 0 Å². The highest BCUT2D eigenvalue weighted by Crippen LogP contribution is 2.17. The Labute approximate surface area is 144 Å². The molecule has 1 aromatic carbocycles. The number of rotatable bonds is 5. The quantitative estimate of drug-likeness (QED) is 0.845. The zero-order valence-corrected chi connectivity index (χ0v) is 15.2. The second kappa shape index (κ2) is 7.49. The highest BCUT2D eigenvalue weighted by molar-refractivity contribution is 5.80. The number of fused-ring (bicyclic) bond motifs is 1. The molecular weight excluding hydrogens is 298 g/mol. The molecule has 1 aromatic heterocycles. The van der Waals surface area contributed by atoms with Crippen LogP contribution >= 0.6 is 0 Å². The van der Waals surface area contributed by atoms with Crippen molar-refractivity contribution < 1.29 is 0 Å². The fraction of sp³-hybridized carbons (Fsp3) is 0.550. The summed E-state index contributed by atoms with van der Waals surface area (Å²) >= 11 is 0. The summed E-state index contributed by atoms with van der Waals surface area (Å²) in [6, 6.07) is 8.52. The number of aromatic nitrogens is 1. The molecule has 0 saturated carbocycles. The average Bonchev–Trinajstić information content (AvgIpc) is 2.60. The summed E-state index contributed by atoms with van der Waals surface area (Å²) in [5.74, 6) is 0. The molecule has 0 bridgehead atoms. The molecule has 1 saturated heterocycles. The van der Waals surface area contributed by atoms with Crippen LogP contribution in [0.15, 0.2) is 29.1 Å². The zero-order valence-electron chi connectivity index (χ0n) is 15.2. The van der Waals surface area contributed by atoms with Crippen molar-refractivity contribution in [2.24, 2.45) is 0 Å². The monoisotopic (exact) mass is 327 g/mol. The lowest BCUT2D eigenvalue weighted by molar-refractivity contribution is 0.131. The summed E-state index contributed by atoms with van der Waals surface area (Å²) in [5, 5.41) is 1.18. The Morgan fingerprint density at radius 3 is 2.38 bits per heavy atom. The highest BCUT2D eigenvalue weighted by Gasteiger charge is 2.18. The molecule has 1 aliphatic rings. The van der Waals surface area contributed by atoms with Gasteiger partial charge in [0.2, 0.25) is 0 Å². The summed E-state index contributed by atoms with van der Waals surface area (Å²) in [4.78, 5) is 17.9. The summed E-state index contributed by atoms with van der Waals surface area (Å²) in [5.41, 5.74) is 3.40. The largest absolute Gasteiger partial charge is 0.308 e. The van der Waals surface area contributed by atoms with Crippen LogP contribution < -0.4 is 5.56 Å². The van der Waals surface area contributed by atoms with Crippen LogP contribution in [0.3, 0.4) is 0 Å². The second-order valence-electron chi connectivity index (χ2n) is 6.90. The Balaban J connectivity index is 1.92. The molecule has 0 spiro atoms. The molecule has 130 valence electrons. The Bertz CT molecular complexity index is 757. The SMILES string of the molecule is CCCn1c(=O)c(CN2CCN(CC)CC2)cc2ccc(C)cc21. The van der Waals surface area contributed by atoms with Gasteiger partial charge in [0.25, 0.3) is 5.56 Å². The van der Waals surface area contributed by atoms with Crippen molar-refractivity contribution in [3.05, 3.63) is 45.7 Å². The first kappa shape index (κ1) is 17.2. The first-order chi connectivity index (χ1) is 11.6. The minimum atomic E-state index is 0.188. The van der Waals surface area contributed by atoms with Gasteiger partial charge in [-0.2, -0.15) is 0 Å². The molecule has 1 fully saturated rings. The highest BCUT2D eigenvalue weighted by atomic mass is 16.1. The summed E-state index contributed by atoms with van der Waals surface area (Å²) in [7, 11) is 0. The van der Waals surface area contributed by atoms with E-state index in [9.17, 15) is 4.79 Å². The van der Waals surface area contributed by atoms with Crippen LogP contribution in [0.1, 0.15) is 31.4 Å². The van der Waals surface area contributed by atoms with Crippen molar-refractivity contribution in [2.45, 2.75) is 40.3 Å². The van der Waals surface area contributed by atoms with Gasteiger partial charge < -0.3 is 9.47 Å². The van der Waals surface area contributed by atoms with Crippen molar-refractivity contribution in [3.8, 4) is 0 Å². The molecule has 0 unspecified atom stereocenters. The van der Waals surface area contributed by atoms with Crippen LogP contribution in [-0.4, -0.2) is 47.1 Å². The predicted octanol–water partition coefficient (Wildman–Crippen LogP) is 2.86. The molecule has 2 aromatic rings. The molecule has 3 rings (SSSR count). The van der Waals surface area contributed by atoms with E-state index < -0.39 is 0 Å². The number of piperazine rings is 1. The number of nitrogens with zero attached hydrogens (tertiary/aromatic N) is 3. The number of hydrogen-bond donors (Lipinski definition) is 0. The number of pyridine rings is 1. The first-order valence-electron chi connectivity index (χ1n) is 9.20. The topological polar surface area (TPSA) is 28.5 Å². The number of hydrogen-bond acceptors (Lipinski definition) is 3. The molecule has 0 aliphatic carbocycles. The Morgan fingerprint density at radius 2 is 1.71 bits per heavy atom. The van der Waals surface area contributed by atoms with Crippen LogP contribution in [0.2, 0.25) is 0 Å². The van der Waals surface area contributed by atoms with E-state index in [0.717, 1.165) is 63.3 Å². The van der Waals surface area contributed by atoms with E-state index >= 15 is 0 Å². The van der Waals surface area contributed by atoms with E-state index in [4.69, 9.17) is 0 Å². The molecular formula is C20H29N3O. The van der Waals surface area contributed by atoms with Gasteiger partial charge in [-0.3, -0.25) is 9.69 Å². The van der Waals surface area contributed by atoms with E-state index in [2.05, 4.69) is 54.8 Å². The van der Waals surface area contributed by atoms with Crippen LogP contribution in [0.5, 0.6) is 0 Å². The van der Waals surface area contributed by atoms with Crippen molar-refractivity contribution >= 4 is 10.9 Å². The summed E-state index contributed by atoms with van der Waals surface area (Å²) in [6.45, 7) is 13.4. The van der Waals surface area contributed by atoms with Gasteiger partial charge in [-0.05, 0) is 43.0 Å². The van der Waals surface area contributed by atoms with Gasteiger partial charge in [0, 0.05) is 44.8 Å². The number of aryl methyl sites for hydroxylation is 2. The fourth-order valence-corrected chi connectivity index (χ4v) is 3.61. The van der Waals surface area contributed by atoms with Crippen molar-refractivity contribution in [1.29, 1.82) is 0 Å². The minimum absolute atomic E-state index is 0.188. The molecule has 0 radical (unpaired) electrons. The van der Waals surface area contributed by atoms with E-state index in [-0.39, 0.29) is 5.56 Å². The second-order valence-corrected chi connectivity index (χ2v) is 6.90. The number of likely N-dealkylation sites (N-methyl/N-ethyl adjacent to an activating group) is 1. The Kier molecular flexibility index (Phi) is 5.36. The molecule has 0 atom stereocenters. The van der Waals surface area contributed by atoms with Gasteiger partial charge in [0.1, 0.15) is 0 Å². The van der Waals surface area contributed by atoms with Gasteiger partial charge in [-0.15, -0.1) is 0 Å². The third kappa shape index (κ3) is 3.55. The lowest BCUT2D eigenvalue weighted by Gasteiger charge is -2.34. The summed E-state index contributed by atoms with van der Waals surface area (Å²) in [6.07, 6.45) is 0.974. The lowest BCUT2D eigenvalue weighted by atomic mass is 10.1. The molecule has 0 N–H and O–H groups in total. The van der Waals surface area contributed by atoms with Crippen LogP contribution in [-0.2, 0) is 13.1 Å². The van der Waals surface area contributed by atoms with Crippen molar-refractivity contribution in [3.63, 3.8) is 0 Å². The van der Waals surface area contributed by atoms with Crippen molar-refractivity contribution in [1.82, 2.24) is 14.4 Å². The third-order valence-corrected chi connectivity index (χ3v) is 5.08. The molecule has 4 nitrogen and oxygen atoms in total. The van der Waals surface area contributed by atoms with Gasteiger partial charge in [-0.1, -0.05) is 26.0 Å². The minimum Gasteiger partial charge on any atom is -0.308 e. The van der Waals surface area contributed by atoms with E-state index in [1.807, 2.05) is 4.57 Å². The van der Waals surface area contributed by atoms with Crippen LogP contribution in [0.25, 0.3) is 10.9 Å². The van der Waals surface area contributed by atoms with Crippen LogP contribution in [0.4, 0.5) is 0 Å². The maximum atomic E-state index is 13.0. The Hall–Kier alpha value is -1.65.